The van der Waals surface area contributed by atoms with Crippen molar-refractivity contribution in [1.29, 1.82) is 0 Å². The summed E-state index contributed by atoms with van der Waals surface area (Å²) in [7, 11) is 0. The van der Waals surface area contributed by atoms with Crippen molar-refractivity contribution in [2.45, 2.75) is 38.8 Å². The molecule has 4 rings (SSSR count). The van der Waals surface area contributed by atoms with Gasteiger partial charge >= 0.3 is 0 Å². The third-order valence-corrected chi connectivity index (χ3v) is 4.15. The Balaban J connectivity index is 1.55. The van der Waals surface area contributed by atoms with Crippen LogP contribution in [0.15, 0.2) is 33.6 Å². The van der Waals surface area contributed by atoms with Crippen LogP contribution in [0.4, 0.5) is 0 Å². The fourth-order valence-electron chi connectivity index (χ4n) is 3.04. The molecule has 8 heteroatoms. The van der Waals surface area contributed by atoms with Gasteiger partial charge in [0.05, 0.1) is 11.7 Å². The summed E-state index contributed by atoms with van der Waals surface area (Å²) in [6.45, 7) is 3.58. The van der Waals surface area contributed by atoms with Gasteiger partial charge in [-0.3, -0.25) is 4.90 Å². The lowest BCUT2D eigenvalue weighted by Gasteiger charge is -2.32. The van der Waals surface area contributed by atoms with Crippen LogP contribution in [0, 0.1) is 6.92 Å². The van der Waals surface area contributed by atoms with E-state index in [0.717, 1.165) is 37.3 Å². The molecule has 1 aliphatic heterocycles. The minimum atomic E-state index is 0.0840. The number of hydrogen-bond acceptors (Lipinski definition) is 8. The second-order valence-electron chi connectivity index (χ2n) is 5.94. The number of rotatable bonds is 4. The lowest BCUT2D eigenvalue weighted by atomic mass is 10.0. The van der Waals surface area contributed by atoms with E-state index in [1.54, 1.807) is 18.5 Å². The Morgan fingerprint density at radius 1 is 1.12 bits per heavy atom. The van der Waals surface area contributed by atoms with E-state index in [9.17, 15) is 0 Å². The van der Waals surface area contributed by atoms with Crippen molar-refractivity contribution in [3.05, 3.63) is 41.9 Å². The first-order chi connectivity index (χ1) is 11.8. The highest BCUT2D eigenvalue weighted by Crippen LogP contribution is 2.31. The van der Waals surface area contributed by atoms with E-state index in [1.165, 1.54) is 0 Å². The zero-order chi connectivity index (χ0) is 16.4. The molecule has 0 saturated carbocycles. The summed E-state index contributed by atoms with van der Waals surface area (Å²) < 4.78 is 10.7. The summed E-state index contributed by atoms with van der Waals surface area (Å²) in [5, 5.41) is 8.12. The summed E-state index contributed by atoms with van der Waals surface area (Å²) in [6, 6.07) is 3.80. The minimum Gasteiger partial charge on any atom is -0.361 e. The smallest absolute Gasteiger partial charge is 0.244 e. The first kappa shape index (κ1) is 14.9. The third-order valence-electron chi connectivity index (χ3n) is 4.15. The standard InChI is InChI=1S/C16H18N6O2/c1-11-9-12(20-23-11)10-22-8-3-2-5-13(22)16-19-15(21-24-16)14-17-6-4-7-18-14/h4,6-7,9,13H,2-3,5,8,10H2,1H3. The Labute approximate surface area is 138 Å². The lowest BCUT2D eigenvalue weighted by molar-refractivity contribution is 0.109. The highest BCUT2D eigenvalue weighted by atomic mass is 16.5. The number of piperidine rings is 1. The molecule has 0 amide bonds. The van der Waals surface area contributed by atoms with Gasteiger partial charge in [0.15, 0.2) is 0 Å². The maximum absolute atomic E-state index is 5.51. The summed E-state index contributed by atoms with van der Waals surface area (Å²) in [4.78, 5) is 15.2. The number of nitrogens with zero attached hydrogens (tertiary/aromatic N) is 6. The summed E-state index contributed by atoms with van der Waals surface area (Å²) in [6.07, 6.45) is 6.60. The van der Waals surface area contributed by atoms with Crippen LogP contribution in [-0.4, -0.2) is 36.7 Å². The van der Waals surface area contributed by atoms with Crippen LogP contribution >= 0.6 is 0 Å². The first-order valence-electron chi connectivity index (χ1n) is 8.07. The zero-order valence-corrected chi connectivity index (χ0v) is 13.4. The molecule has 0 spiro atoms. The molecule has 3 aromatic rings. The number of aryl methyl sites for hydroxylation is 1. The van der Waals surface area contributed by atoms with Crippen LogP contribution in [0.1, 0.15) is 42.6 Å². The molecule has 0 aliphatic carbocycles. The molecule has 1 aliphatic rings. The first-order valence-corrected chi connectivity index (χ1v) is 8.07. The SMILES string of the molecule is Cc1cc(CN2CCCCC2c2nc(-c3ncccn3)no2)no1. The number of aromatic nitrogens is 5. The summed E-state index contributed by atoms with van der Waals surface area (Å²) >= 11 is 0. The molecule has 1 fully saturated rings. The average molecular weight is 326 g/mol. The molecular formula is C16H18N6O2. The molecule has 24 heavy (non-hydrogen) atoms. The molecule has 0 aromatic carbocycles. The zero-order valence-electron chi connectivity index (χ0n) is 13.4. The second kappa shape index (κ2) is 6.48. The molecule has 1 atom stereocenters. The average Bonchev–Trinajstić information content (AvgIpc) is 3.26. The Bertz CT molecular complexity index is 800. The van der Waals surface area contributed by atoms with Gasteiger partial charge in [0.1, 0.15) is 5.76 Å². The van der Waals surface area contributed by atoms with Gasteiger partial charge in [0, 0.05) is 25.0 Å². The maximum Gasteiger partial charge on any atom is 0.244 e. The highest BCUT2D eigenvalue weighted by molar-refractivity contribution is 5.40. The molecule has 124 valence electrons. The van der Waals surface area contributed by atoms with Crippen LogP contribution in [0.3, 0.4) is 0 Å². The Morgan fingerprint density at radius 3 is 2.79 bits per heavy atom. The van der Waals surface area contributed by atoms with Crippen molar-refractivity contribution in [3.63, 3.8) is 0 Å². The van der Waals surface area contributed by atoms with Crippen molar-refractivity contribution < 1.29 is 9.05 Å². The fraction of sp³-hybridized carbons (Fsp3) is 0.438. The fourth-order valence-corrected chi connectivity index (χ4v) is 3.04. The van der Waals surface area contributed by atoms with Crippen LogP contribution in [-0.2, 0) is 6.54 Å². The lowest BCUT2D eigenvalue weighted by Crippen LogP contribution is -2.33. The van der Waals surface area contributed by atoms with Crippen LogP contribution in [0.5, 0.6) is 0 Å². The van der Waals surface area contributed by atoms with Gasteiger partial charge in [0.25, 0.3) is 0 Å². The van der Waals surface area contributed by atoms with Gasteiger partial charge in [-0.15, -0.1) is 0 Å². The quantitative estimate of drug-likeness (QED) is 0.722. The van der Waals surface area contributed by atoms with E-state index in [1.807, 2.05) is 13.0 Å². The number of likely N-dealkylation sites (tertiary alicyclic amines) is 1. The highest BCUT2D eigenvalue weighted by Gasteiger charge is 2.29. The van der Waals surface area contributed by atoms with E-state index in [2.05, 4.69) is 30.2 Å². The third kappa shape index (κ3) is 3.05. The van der Waals surface area contributed by atoms with Gasteiger partial charge in [-0.05, 0) is 32.4 Å². The van der Waals surface area contributed by atoms with Crippen molar-refractivity contribution in [2.24, 2.45) is 0 Å². The predicted molar refractivity (Wildman–Crippen MR) is 83.6 cm³/mol. The van der Waals surface area contributed by atoms with Crippen molar-refractivity contribution in [3.8, 4) is 11.6 Å². The minimum absolute atomic E-state index is 0.0840. The molecule has 0 N–H and O–H groups in total. The van der Waals surface area contributed by atoms with Gasteiger partial charge in [-0.1, -0.05) is 16.7 Å². The van der Waals surface area contributed by atoms with E-state index in [4.69, 9.17) is 9.05 Å². The van der Waals surface area contributed by atoms with Gasteiger partial charge in [-0.25, -0.2) is 9.97 Å². The largest absolute Gasteiger partial charge is 0.361 e. The summed E-state index contributed by atoms with van der Waals surface area (Å²) in [5.74, 6) is 2.33. The van der Waals surface area contributed by atoms with E-state index < -0.39 is 0 Å². The monoisotopic (exact) mass is 326 g/mol. The van der Waals surface area contributed by atoms with Crippen molar-refractivity contribution >= 4 is 0 Å². The normalized spacial score (nSPS) is 18.8. The summed E-state index contributed by atoms with van der Waals surface area (Å²) in [5.41, 5.74) is 0.922. The predicted octanol–water partition coefficient (Wildman–Crippen LogP) is 2.55. The topological polar surface area (TPSA) is 94.0 Å². The second-order valence-corrected chi connectivity index (χ2v) is 5.94. The maximum atomic E-state index is 5.51. The van der Waals surface area contributed by atoms with Crippen molar-refractivity contribution in [2.75, 3.05) is 6.54 Å². The van der Waals surface area contributed by atoms with E-state index in [-0.39, 0.29) is 6.04 Å². The Hall–Kier alpha value is -2.61. The van der Waals surface area contributed by atoms with E-state index >= 15 is 0 Å². The Morgan fingerprint density at radius 2 is 2.00 bits per heavy atom. The molecule has 1 unspecified atom stereocenters. The molecule has 0 bridgehead atoms. The van der Waals surface area contributed by atoms with Gasteiger partial charge in [-0.2, -0.15) is 4.98 Å². The molecule has 8 nitrogen and oxygen atoms in total. The molecule has 0 radical (unpaired) electrons. The Kier molecular flexibility index (Phi) is 4.04. The number of hydrogen-bond donors (Lipinski definition) is 0. The molecule has 1 saturated heterocycles. The van der Waals surface area contributed by atoms with Crippen molar-refractivity contribution in [1.82, 2.24) is 30.2 Å². The molecular weight excluding hydrogens is 308 g/mol. The van der Waals surface area contributed by atoms with E-state index in [0.29, 0.717) is 24.1 Å². The van der Waals surface area contributed by atoms with Crippen LogP contribution < -0.4 is 0 Å². The molecule has 3 aromatic heterocycles. The van der Waals surface area contributed by atoms with Gasteiger partial charge < -0.3 is 9.05 Å². The molecule has 4 heterocycles. The van der Waals surface area contributed by atoms with Crippen LogP contribution in [0.2, 0.25) is 0 Å². The van der Waals surface area contributed by atoms with Gasteiger partial charge in [0.2, 0.25) is 17.5 Å². The van der Waals surface area contributed by atoms with Crippen LogP contribution in [0.25, 0.3) is 11.6 Å².